The van der Waals surface area contributed by atoms with E-state index in [1.54, 1.807) is 6.92 Å². The van der Waals surface area contributed by atoms with Crippen LogP contribution in [0.1, 0.15) is 115 Å². The maximum Gasteiger partial charge on any atom is 0.404 e. The summed E-state index contributed by atoms with van der Waals surface area (Å²) < 4.78 is 1.69. The molecule has 0 spiro atoms. The molecule has 0 saturated carbocycles. The van der Waals surface area contributed by atoms with Crippen LogP contribution in [0.15, 0.2) is 4.47 Å². The molecule has 0 aliphatic heterocycles. The van der Waals surface area contributed by atoms with Crippen molar-refractivity contribution in [3.05, 3.63) is 20.3 Å². The van der Waals surface area contributed by atoms with Crippen LogP contribution < -0.4 is 5.32 Å². The van der Waals surface area contributed by atoms with Gasteiger partial charge >= 0.3 is 5.82 Å². The van der Waals surface area contributed by atoms with Crippen LogP contribution in [0.2, 0.25) is 0 Å². The molecule has 8 heteroatoms. The Morgan fingerprint density at radius 3 is 1.75 bits per heavy atom. The van der Waals surface area contributed by atoms with Gasteiger partial charge in [-0.3, -0.25) is 4.79 Å². The Morgan fingerprint density at radius 2 is 1.34 bits per heavy atom. The summed E-state index contributed by atoms with van der Waals surface area (Å²) in [6, 6.07) is 0. The highest BCUT2D eigenvalue weighted by atomic mass is 79.9. The van der Waals surface area contributed by atoms with Crippen LogP contribution in [0.4, 0.5) is 5.82 Å². The van der Waals surface area contributed by atoms with Crippen molar-refractivity contribution in [3.63, 3.8) is 0 Å². The smallest absolute Gasteiger partial charge is 0.358 e. The molecule has 0 saturated heterocycles. The van der Waals surface area contributed by atoms with Crippen molar-refractivity contribution >= 4 is 27.7 Å². The Morgan fingerprint density at radius 1 is 0.906 bits per heavy atom. The summed E-state index contributed by atoms with van der Waals surface area (Å²) in [6.45, 7) is 4.61. The van der Waals surface area contributed by atoms with E-state index in [4.69, 9.17) is 0 Å². The average Bonchev–Trinajstić information content (AvgIpc) is 3.04. The molecule has 184 valence electrons. The first kappa shape index (κ1) is 28.6. The second-order valence-corrected chi connectivity index (χ2v) is 9.58. The number of nitro groups is 1. The molecule has 0 aromatic carbocycles. The molecule has 0 aliphatic rings. The maximum absolute atomic E-state index is 12.1. The van der Waals surface area contributed by atoms with Crippen LogP contribution in [0.3, 0.4) is 0 Å². The van der Waals surface area contributed by atoms with E-state index in [0.717, 1.165) is 12.8 Å². The van der Waals surface area contributed by atoms with Crippen LogP contribution >= 0.6 is 15.9 Å². The lowest BCUT2D eigenvalue weighted by atomic mass is 10.0. The van der Waals surface area contributed by atoms with E-state index in [0.29, 0.717) is 16.7 Å². The van der Waals surface area contributed by atoms with Gasteiger partial charge in [0.1, 0.15) is 11.0 Å². The van der Waals surface area contributed by atoms with Crippen molar-refractivity contribution in [2.24, 2.45) is 0 Å². The molecule has 1 heterocycles. The SMILES string of the molecule is CCCCCCCCCCCCCCCCCCNC(=O)Cn1nc([N+](=O)[O-])c(Br)c1C. The molecular weight excluding hydrogens is 472 g/mol. The number of halogens is 1. The monoisotopic (exact) mass is 514 g/mol. The fourth-order valence-electron chi connectivity index (χ4n) is 3.87. The highest BCUT2D eigenvalue weighted by Crippen LogP contribution is 2.26. The zero-order valence-corrected chi connectivity index (χ0v) is 21.8. The number of rotatable bonds is 20. The zero-order chi connectivity index (χ0) is 23.6. The van der Waals surface area contributed by atoms with E-state index in [1.165, 1.54) is 94.6 Å². The van der Waals surface area contributed by atoms with Gasteiger partial charge in [-0.2, -0.15) is 4.68 Å². The number of carbonyl (C=O) groups excluding carboxylic acids is 1. The molecule has 1 aromatic heterocycles. The summed E-state index contributed by atoms with van der Waals surface area (Å²) >= 11 is 3.16. The predicted molar refractivity (Wildman–Crippen MR) is 134 cm³/mol. The average molecular weight is 516 g/mol. The van der Waals surface area contributed by atoms with Crippen LogP contribution in [-0.4, -0.2) is 27.2 Å². The first-order valence-corrected chi connectivity index (χ1v) is 13.4. The molecule has 0 radical (unpaired) electrons. The molecule has 0 atom stereocenters. The van der Waals surface area contributed by atoms with Gasteiger partial charge in [0.25, 0.3) is 0 Å². The van der Waals surface area contributed by atoms with Gasteiger partial charge < -0.3 is 15.4 Å². The molecule has 32 heavy (non-hydrogen) atoms. The summed E-state index contributed by atoms with van der Waals surface area (Å²) in [6.07, 6.45) is 21.2. The molecule has 0 unspecified atom stereocenters. The Balaban J connectivity index is 1.91. The fraction of sp³-hybridized carbons (Fsp3) is 0.833. The molecule has 1 aromatic rings. The van der Waals surface area contributed by atoms with Gasteiger partial charge in [-0.1, -0.05) is 103 Å². The third-order valence-corrected chi connectivity index (χ3v) is 6.86. The molecular formula is C24H43BrN4O3. The lowest BCUT2D eigenvalue weighted by Gasteiger charge is -2.05. The molecule has 0 fully saturated rings. The van der Waals surface area contributed by atoms with Crippen molar-refractivity contribution in [1.29, 1.82) is 0 Å². The van der Waals surface area contributed by atoms with E-state index in [9.17, 15) is 14.9 Å². The predicted octanol–water partition coefficient (Wildman–Crippen LogP) is 7.24. The van der Waals surface area contributed by atoms with Crippen molar-refractivity contribution < 1.29 is 9.72 Å². The van der Waals surface area contributed by atoms with Crippen LogP contribution in [0.25, 0.3) is 0 Å². The lowest BCUT2D eigenvalue weighted by Crippen LogP contribution is -2.29. The number of hydrogen-bond donors (Lipinski definition) is 1. The van der Waals surface area contributed by atoms with Gasteiger partial charge in [0.15, 0.2) is 0 Å². The van der Waals surface area contributed by atoms with Gasteiger partial charge in [0.2, 0.25) is 5.91 Å². The third kappa shape index (κ3) is 12.6. The number of aromatic nitrogens is 2. The first-order chi connectivity index (χ1) is 15.5. The van der Waals surface area contributed by atoms with Gasteiger partial charge in [-0.15, -0.1) is 0 Å². The molecule has 7 nitrogen and oxygen atoms in total. The largest absolute Gasteiger partial charge is 0.404 e. The number of carbonyl (C=O) groups is 1. The van der Waals surface area contributed by atoms with Crippen LogP contribution in [0.5, 0.6) is 0 Å². The Kier molecular flexibility index (Phi) is 16.1. The lowest BCUT2D eigenvalue weighted by molar-refractivity contribution is -0.390. The van der Waals surface area contributed by atoms with Crippen molar-refractivity contribution in [3.8, 4) is 0 Å². The third-order valence-electron chi connectivity index (χ3n) is 5.94. The summed E-state index contributed by atoms with van der Waals surface area (Å²) in [5.74, 6) is -0.424. The van der Waals surface area contributed by atoms with Crippen molar-refractivity contribution in [1.82, 2.24) is 15.1 Å². The number of nitrogens with one attached hydrogen (secondary N) is 1. The minimum absolute atomic E-state index is 0.00285. The molecule has 1 N–H and O–H groups in total. The zero-order valence-electron chi connectivity index (χ0n) is 20.2. The normalized spacial score (nSPS) is 11.1. The van der Waals surface area contributed by atoms with Crippen LogP contribution in [-0.2, 0) is 11.3 Å². The standard InChI is InChI=1S/C24H43BrN4O3/c1-3-4-5-6-7-8-9-10-11-12-13-14-15-16-17-18-19-26-22(30)20-28-21(2)23(25)24(27-28)29(31)32/h3-20H2,1-2H3,(H,26,30). The fourth-order valence-corrected chi connectivity index (χ4v) is 4.30. The second-order valence-electron chi connectivity index (χ2n) is 8.79. The van der Waals surface area contributed by atoms with Crippen molar-refractivity contribution in [2.45, 2.75) is 123 Å². The minimum atomic E-state index is -0.554. The van der Waals surface area contributed by atoms with Crippen LogP contribution in [0, 0.1) is 17.0 Å². The van der Waals surface area contributed by atoms with Gasteiger partial charge in [0, 0.05) is 6.54 Å². The molecule has 0 aliphatic carbocycles. The second kappa shape index (κ2) is 18.0. The number of unbranched alkanes of at least 4 members (excludes halogenated alkanes) is 15. The van der Waals surface area contributed by atoms with Crippen molar-refractivity contribution in [2.75, 3.05) is 6.54 Å². The van der Waals surface area contributed by atoms with E-state index in [1.807, 2.05) is 0 Å². The summed E-state index contributed by atoms with van der Waals surface area (Å²) in [5.41, 5.74) is 0.578. The van der Waals surface area contributed by atoms with E-state index >= 15 is 0 Å². The topological polar surface area (TPSA) is 90.1 Å². The summed E-state index contributed by atoms with van der Waals surface area (Å²) in [5, 5.41) is 17.7. The maximum atomic E-state index is 12.1. The number of hydrogen-bond acceptors (Lipinski definition) is 4. The quantitative estimate of drug-likeness (QED) is 0.113. The number of nitrogens with zero attached hydrogens (tertiary/aromatic N) is 3. The van der Waals surface area contributed by atoms with E-state index in [-0.39, 0.29) is 18.3 Å². The first-order valence-electron chi connectivity index (χ1n) is 12.6. The van der Waals surface area contributed by atoms with Gasteiger partial charge in [-0.05, 0) is 34.2 Å². The molecule has 0 bridgehead atoms. The molecule has 1 rings (SSSR count). The summed E-state index contributed by atoms with van der Waals surface area (Å²) in [7, 11) is 0. The minimum Gasteiger partial charge on any atom is -0.358 e. The van der Waals surface area contributed by atoms with Gasteiger partial charge in [0.05, 0.1) is 10.8 Å². The van der Waals surface area contributed by atoms with Gasteiger partial charge in [-0.25, -0.2) is 0 Å². The Labute approximate surface area is 202 Å². The Bertz CT molecular complexity index is 664. The van der Waals surface area contributed by atoms with E-state index < -0.39 is 4.92 Å². The Hall–Kier alpha value is -1.44. The summed E-state index contributed by atoms with van der Waals surface area (Å²) in [4.78, 5) is 22.4. The highest BCUT2D eigenvalue weighted by Gasteiger charge is 2.24. The molecule has 1 amide bonds. The highest BCUT2D eigenvalue weighted by molar-refractivity contribution is 9.10. The number of amides is 1. The van der Waals surface area contributed by atoms with E-state index in [2.05, 4.69) is 33.3 Å².